The largest absolute Gasteiger partial charge is 0.376 e. The van der Waals surface area contributed by atoms with Crippen LogP contribution in [0.3, 0.4) is 0 Å². The highest BCUT2D eigenvalue weighted by Crippen LogP contribution is 2.28. The van der Waals surface area contributed by atoms with E-state index < -0.39 is 0 Å². The summed E-state index contributed by atoms with van der Waals surface area (Å²) in [5.74, 6) is 0.566. The van der Waals surface area contributed by atoms with Crippen LogP contribution in [0.4, 0.5) is 0 Å². The molecular weight excluding hydrogens is 302 g/mol. The Bertz CT molecular complexity index is 548. The summed E-state index contributed by atoms with van der Waals surface area (Å²) in [6.45, 7) is 1.25. The average Bonchev–Trinajstić information content (AvgIpc) is 3.03. The third kappa shape index (κ3) is 3.11. The fraction of sp³-hybridized carbons (Fsp3) is 0.643. The van der Waals surface area contributed by atoms with Crippen LogP contribution < -0.4 is 5.48 Å². The van der Waals surface area contributed by atoms with E-state index >= 15 is 0 Å². The lowest BCUT2D eigenvalue weighted by molar-refractivity contribution is -0.0683. The standard InChI is InChI=1S/C14H19N5O2S/c1-22-14-11(8-15)13(19-12(17-14)5-6-16-19)18-21-9-10-4-2-3-7-20-10/h6,10,12,18H,2-5,7,9H2,1H3. The van der Waals surface area contributed by atoms with Crippen molar-refractivity contribution < 1.29 is 9.57 Å². The fourth-order valence-electron chi connectivity index (χ4n) is 2.63. The van der Waals surface area contributed by atoms with Crippen molar-refractivity contribution in [3.63, 3.8) is 0 Å². The van der Waals surface area contributed by atoms with E-state index in [1.807, 2.05) is 6.26 Å². The molecule has 0 aliphatic carbocycles. The van der Waals surface area contributed by atoms with Crippen molar-refractivity contribution in [1.82, 2.24) is 10.5 Å². The fourth-order valence-corrected chi connectivity index (χ4v) is 3.20. The Morgan fingerprint density at radius 1 is 1.59 bits per heavy atom. The maximum Gasteiger partial charge on any atom is 0.169 e. The van der Waals surface area contributed by atoms with E-state index in [1.165, 1.54) is 18.2 Å². The highest BCUT2D eigenvalue weighted by Gasteiger charge is 2.33. The molecule has 8 heteroatoms. The van der Waals surface area contributed by atoms with E-state index in [0.717, 1.165) is 25.9 Å². The number of hydroxylamine groups is 1. The Morgan fingerprint density at radius 3 is 3.23 bits per heavy atom. The van der Waals surface area contributed by atoms with Gasteiger partial charge in [-0.3, -0.25) is 4.84 Å². The zero-order valence-electron chi connectivity index (χ0n) is 12.5. The smallest absolute Gasteiger partial charge is 0.169 e. The first-order valence-corrected chi connectivity index (χ1v) is 8.63. The summed E-state index contributed by atoms with van der Waals surface area (Å²) < 4.78 is 5.63. The molecule has 2 unspecified atom stereocenters. The van der Waals surface area contributed by atoms with Gasteiger partial charge in [-0.2, -0.15) is 10.4 Å². The zero-order chi connectivity index (χ0) is 15.4. The molecule has 1 N–H and O–H groups in total. The van der Waals surface area contributed by atoms with Crippen molar-refractivity contribution in [1.29, 1.82) is 5.26 Å². The van der Waals surface area contributed by atoms with E-state index in [4.69, 9.17) is 9.57 Å². The highest BCUT2D eigenvalue weighted by atomic mass is 32.2. The van der Waals surface area contributed by atoms with Gasteiger partial charge in [0.25, 0.3) is 0 Å². The molecule has 3 aliphatic heterocycles. The third-order valence-corrected chi connectivity index (χ3v) is 4.46. The number of thioether (sulfide) groups is 1. The van der Waals surface area contributed by atoms with Crippen LogP contribution in [-0.2, 0) is 9.57 Å². The molecule has 0 spiro atoms. The summed E-state index contributed by atoms with van der Waals surface area (Å²) in [5.41, 5.74) is 3.37. The van der Waals surface area contributed by atoms with Crippen molar-refractivity contribution in [3.05, 3.63) is 11.4 Å². The van der Waals surface area contributed by atoms with E-state index in [-0.39, 0.29) is 12.3 Å². The van der Waals surface area contributed by atoms with E-state index in [0.29, 0.717) is 23.0 Å². The second kappa shape index (κ2) is 7.13. The van der Waals surface area contributed by atoms with Gasteiger partial charge in [0.1, 0.15) is 29.5 Å². The minimum Gasteiger partial charge on any atom is -0.376 e. The Balaban J connectivity index is 1.68. The van der Waals surface area contributed by atoms with Crippen LogP contribution in [0.2, 0.25) is 0 Å². The lowest BCUT2D eigenvalue weighted by atomic mass is 10.1. The molecule has 118 valence electrons. The van der Waals surface area contributed by atoms with Crippen LogP contribution in [0.25, 0.3) is 0 Å². The van der Waals surface area contributed by atoms with Gasteiger partial charge < -0.3 is 4.74 Å². The lowest BCUT2D eigenvalue weighted by Crippen LogP contribution is -2.39. The number of hydrogen-bond acceptors (Lipinski definition) is 8. The first-order valence-electron chi connectivity index (χ1n) is 7.41. The summed E-state index contributed by atoms with van der Waals surface area (Å²) in [6.07, 6.45) is 7.77. The van der Waals surface area contributed by atoms with Crippen molar-refractivity contribution in [2.24, 2.45) is 10.1 Å². The van der Waals surface area contributed by atoms with Crippen molar-refractivity contribution in [3.8, 4) is 6.07 Å². The normalized spacial score (nSPS) is 27.5. The van der Waals surface area contributed by atoms with Crippen LogP contribution in [0.1, 0.15) is 25.7 Å². The molecule has 2 atom stereocenters. The van der Waals surface area contributed by atoms with Gasteiger partial charge in [-0.1, -0.05) is 0 Å². The lowest BCUT2D eigenvalue weighted by Gasteiger charge is -2.30. The van der Waals surface area contributed by atoms with Gasteiger partial charge in [0.15, 0.2) is 5.82 Å². The zero-order valence-corrected chi connectivity index (χ0v) is 13.3. The average molecular weight is 321 g/mol. The Kier molecular flexibility index (Phi) is 4.97. The molecule has 0 bridgehead atoms. The van der Waals surface area contributed by atoms with Crippen LogP contribution in [0, 0.1) is 11.3 Å². The van der Waals surface area contributed by atoms with E-state index in [1.54, 1.807) is 11.2 Å². The number of ether oxygens (including phenoxy) is 1. The number of nitriles is 1. The summed E-state index contributed by atoms with van der Waals surface area (Å²) in [7, 11) is 0. The molecule has 7 nitrogen and oxygen atoms in total. The molecule has 3 aliphatic rings. The number of nitrogens with one attached hydrogen (secondary N) is 1. The van der Waals surface area contributed by atoms with Gasteiger partial charge in [-0.05, 0) is 25.5 Å². The maximum atomic E-state index is 9.43. The topological polar surface area (TPSA) is 82.2 Å². The molecular formula is C14H19N5O2S. The third-order valence-electron chi connectivity index (χ3n) is 3.77. The number of nitrogens with zero attached hydrogens (tertiary/aromatic N) is 4. The summed E-state index contributed by atoms with van der Waals surface area (Å²) in [6, 6.07) is 2.19. The minimum absolute atomic E-state index is 0.0865. The number of hydrazone groups is 1. The molecule has 0 amide bonds. The number of hydrogen-bond donors (Lipinski definition) is 1. The molecule has 3 heterocycles. The second-order valence-electron chi connectivity index (χ2n) is 5.23. The Morgan fingerprint density at radius 2 is 2.50 bits per heavy atom. The summed E-state index contributed by atoms with van der Waals surface area (Å²) >= 11 is 1.46. The summed E-state index contributed by atoms with van der Waals surface area (Å²) in [4.78, 5) is 10.1. The molecule has 1 saturated heterocycles. The van der Waals surface area contributed by atoms with Gasteiger partial charge in [-0.25, -0.2) is 15.5 Å². The summed E-state index contributed by atoms with van der Waals surface area (Å²) in [5, 5.41) is 16.1. The molecule has 0 aromatic rings. The van der Waals surface area contributed by atoms with Gasteiger partial charge in [0, 0.05) is 19.2 Å². The van der Waals surface area contributed by atoms with Gasteiger partial charge in [0.2, 0.25) is 0 Å². The maximum absolute atomic E-state index is 9.43. The Hall–Kier alpha value is -1.56. The van der Waals surface area contributed by atoms with Crippen molar-refractivity contribution >= 4 is 23.0 Å². The van der Waals surface area contributed by atoms with Gasteiger partial charge in [0.05, 0.1) is 6.10 Å². The number of aliphatic imine (C=N–C) groups is 1. The predicted molar refractivity (Wildman–Crippen MR) is 85.0 cm³/mol. The molecule has 1 fully saturated rings. The van der Waals surface area contributed by atoms with Crippen molar-refractivity contribution in [2.75, 3.05) is 19.5 Å². The first-order chi connectivity index (χ1) is 10.8. The molecule has 0 aromatic carbocycles. The minimum atomic E-state index is -0.0865. The van der Waals surface area contributed by atoms with Gasteiger partial charge >= 0.3 is 0 Å². The molecule has 0 saturated carbocycles. The van der Waals surface area contributed by atoms with Crippen LogP contribution >= 0.6 is 11.8 Å². The van der Waals surface area contributed by atoms with Crippen molar-refractivity contribution in [2.45, 2.75) is 38.0 Å². The van der Waals surface area contributed by atoms with E-state index in [2.05, 4.69) is 21.6 Å². The molecule has 0 aromatic heterocycles. The molecule has 3 rings (SSSR count). The molecule has 22 heavy (non-hydrogen) atoms. The van der Waals surface area contributed by atoms with E-state index in [9.17, 15) is 5.26 Å². The van der Waals surface area contributed by atoms with Crippen LogP contribution in [-0.4, -0.2) is 48.0 Å². The monoisotopic (exact) mass is 321 g/mol. The number of rotatable bonds is 4. The van der Waals surface area contributed by atoms with Crippen LogP contribution in [0.15, 0.2) is 21.5 Å². The highest BCUT2D eigenvalue weighted by molar-refractivity contribution is 8.13. The quantitative estimate of drug-likeness (QED) is 0.792. The SMILES string of the molecule is CSC1=NC2CC=NN2C(NOCC2CCCCO2)=C1C#N. The second-order valence-corrected chi connectivity index (χ2v) is 6.03. The first kappa shape index (κ1) is 15.3. The number of fused-ring (bicyclic) bond motifs is 1. The molecule has 0 radical (unpaired) electrons. The Labute approximate surface area is 134 Å². The van der Waals surface area contributed by atoms with Crippen LogP contribution in [0.5, 0.6) is 0 Å². The predicted octanol–water partition coefficient (Wildman–Crippen LogP) is 1.60. The van der Waals surface area contributed by atoms with Gasteiger partial charge in [-0.15, -0.1) is 11.8 Å².